The van der Waals surface area contributed by atoms with Gasteiger partial charge in [-0.3, -0.25) is 0 Å². The highest BCUT2D eigenvalue weighted by molar-refractivity contribution is 5.37. The lowest BCUT2D eigenvalue weighted by molar-refractivity contribution is -0.138. The molecule has 0 N–H and O–H groups in total. The zero-order valence-electron chi connectivity index (χ0n) is 8.97. The molecule has 1 aromatic heterocycles. The van der Waals surface area contributed by atoms with Gasteiger partial charge in [-0.2, -0.15) is 13.2 Å². The van der Waals surface area contributed by atoms with E-state index in [1.807, 2.05) is 0 Å². The second-order valence-corrected chi connectivity index (χ2v) is 2.89. The normalized spacial score (nSPS) is 11.3. The summed E-state index contributed by atoms with van der Waals surface area (Å²) in [6.07, 6.45) is -3.70. The maximum absolute atomic E-state index is 12.4. The van der Waals surface area contributed by atoms with Crippen molar-refractivity contribution in [2.45, 2.75) is 20.0 Å². The second kappa shape index (κ2) is 5.05. The molecule has 0 aliphatic heterocycles. The van der Waals surface area contributed by atoms with Crippen LogP contribution in [0.15, 0.2) is 12.3 Å². The molecule has 0 radical (unpaired) electrons. The maximum Gasteiger partial charge on any atom is 0.418 e. The van der Waals surface area contributed by atoms with Crippen LogP contribution in [0.2, 0.25) is 0 Å². The van der Waals surface area contributed by atoms with Gasteiger partial charge in [0.15, 0.2) is 5.75 Å². The summed E-state index contributed by atoms with van der Waals surface area (Å²) in [6, 6.07) is 0.890. The smallest absolute Gasteiger partial charge is 0.418 e. The molecule has 0 unspecified atom stereocenters. The average Bonchev–Trinajstić information content (AvgIpc) is 2.19. The molecule has 1 rings (SSSR count). The predicted molar refractivity (Wildman–Crippen MR) is 51.6 cm³/mol. The van der Waals surface area contributed by atoms with Crippen LogP contribution >= 0.6 is 0 Å². The fourth-order valence-corrected chi connectivity index (χ4v) is 1.09. The first-order valence-corrected chi connectivity index (χ1v) is 4.81. The van der Waals surface area contributed by atoms with E-state index in [9.17, 15) is 13.2 Å². The summed E-state index contributed by atoms with van der Waals surface area (Å²) in [5, 5.41) is 0. The van der Waals surface area contributed by atoms with Crippen molar-refractivity contribution in [2.24, 2.45) is 0 Å². The fraction of sp³-hybridized carbons (Fsp3) is 0.500. The third-order valence-electron chi connectivity index (χ3n) is 1.73. The second-order valence-electron chi connectivity index (χ2n) is 2.89. The van der Waals surface area contributed by atoms with E-state index in [1.165, 1.54) is 0 Å². The summed E-state index contributed by atoms with van der Waals surface area (Å²) >= 11 is 0. The molecule has 0 saturated carbocycles. The van der Waals surface area contributed by atoms with Crippen molar-refractivity contribution in [3.8, 4) is 11.6 Å². The number of aromatic nitrogens is 1. The Morgan fingerprint density at radius 1 is 1.19 bits per heavy atom. The van der Waals surface area contributed by atoms with Gasteiger partial charge in [-0.15, -0.1) is 0 Å². The zero-order chi connectivity index (χ0) is 12.2. The molecule has 0 spiro atoms. The van der Waals surface area contributed by atoms with Crippen molar-refractivity contribution >= 4 is 0 Å². The molecular weight excluding hydrogens is 223 g/mol. The summed E-state index contributed by atoms with van der Waals surface area (Å²) in [5.74, 6) is 0.0940. The monoisotopic (exact) mass is 235 g/mol. The van der Waals surface area contributed by atoms with E-state index in [-0.39, 0.29) is 18.2 Å². The van der Waals surface area contributed by atoms with E-state index < -0.39 is 11.7 Å². The molecule has 0 saturated heterocycles. The van der Waals surface area contributed by atoms with Crippen molar-refractivity contribution in [1.29, 1.82) is 0 Å². The first kappa shape index (κ1) is 12.6. The number of pyridine rings is 1. The minimum absolute atomic E-state index is 0.0131. The molecule has 0 atom stereocenters. The molecule has 3 nitrogen and oxygen atoms in total. The number of hydrogen-bond acceptors (Lipinski definition) is 3. The molecule has 16 heavy (non-hydrogen) atoms. The lowest BCUT2D eigenvalue weighted by Crippen LogP contribution is -2.08. The van der Waals surface area contributed by atoms with Gasteiger partial charge >= 0.3 is 6.18 Å². The van der Waals surface area contributed by atoms with Gasteiger partial charge in [0.05, 0.1) is 18.8 Å². The van der Waals surface area contributed by atoms with Crippen LogP contribution in [-0.4, -0.2) is 18.2 Å². The van der Waals surface area contributed by atoms with Crippen LogP contribution in [0.1, 0.15) is 19.4 Å². The highest BCUT2D eigenvalue weighted by atomic mass is 19.4. The van der Waals surface area contributed by atoms with Gasteiger partial charge < -0.3 is 9.47 Å². The number of halogens is 3. The molecular formula is C10H12F3NO2. The Labute approximate surface area is 91.2 Å². The fourth-order valence-electron chi connectivity index (χ4n) is 1.09. The van der Waals surface area contributed by atoms with Crippen LogP contribution in [0.25, 0.3) is 0 Å². The SMILES string of the molecule is CCOc1cc(C(F)(F)F)cnc1OCC. The molecule has 90 valence electrons. The molecule has 1 aromatic rings. The zero-order valence-corrected chi connectivity index (χ0v) is 8.97. The largest absolute Gasteiger partial charge is 0.488 e. The summed E-state index contributed by atoms with van der Waals surface area (Å²) in [5.41, 5.74) is -0.848. The van der Waals surface area contributed by atoms with Gasteiger partial charge in [-0.05, 0) is 19.9 Å². The van der Waals surface area contributed by atoms with Gasteiger partial charge in [-0.25, -0.2) is 4.98 Å². The quantitative estimate of drug-likeness (QED) is 0.804. The Morgan fingerprint density at radius 2 is 1.81 bits per heavy atom. The van der Waals surface area contributed by atoms with Crippen LogP contribution in [-0.2, 0) is 6.18 Å². The molecule has 0 aromatic carbocycles. The minimum atomic E-state index is -4.43. The van der Waals surface area contributed by atoms with E-state index >= 15 is 0 Å². The lowest BCUT2D eigenvalue weighted by Gasteiger charge is -2.12. The first-order chi connectivity index (χ1) is 7.49. The molecule has 0 amide bonds. The van der Waals surface area contributed by atoms with Crippen molar-refractivity contribution < 1.29 is 22.6 Å². The van der Waals surface area contributed by atoms with Gasteiger partial charge in [-0.1, -0.05) is 0 Å². The number of ether oxygens (including phenoxy) is 2. The van der Waals surface area contributed by atoms with Crippen molar-refractivity contribution in [1.82, 2.24) is 4.98 Å². The molecule has 0 aliphatic carbocycles. The lowest BCUT2D eigenvalue weighted by atomic mass is 10.2. The molecule has 0 aliphatic rings. The van der Waals surface area contributed by atoms with E-state index in [0.717, 1.165) is 12.3 Å². The number of alkyl halides is 3. The third-order valence-corrected chi connectivity index (χ3v) is 1.73. The summed E-state index contributed by atoms with van der Waals surface area (Å²) in [7, 11) is 0. The maximum atomic E-state index is 12.4. The van der Waals surface area contributed by atoms with E-state index in [1.54, 1.807) is 13.8 Å². The average molecular weight is 235 g/mol. The van der Waals surface area contributed by atoms with Gasteiger partial charge in [0.1, 0.15) is 0 Å². The minimum Gasteiger partial charge on any atom is -0.488 e. The Balaban J connectivity index is 3.06. The van der Waals surface area contributed by atoms with Crippen molar-refractivity contribution in [3.63, 3.8) is 0 Å². The Morgan fingerprint density at radius 3 is 2.31 bits per heavy atom. The van der Waals surface area contributed by atoms with E-state index in [0.29, 0.717) is 6.61 Å². The molecule has 0 fully saturated rings. The van der Waals surface area contributed by atoms with Gasteiger partial charge in [0.2, 0.25) is 0 Å². The Hall–Kier alpha value is -1.46. The van der Waals surface area contributed by atoms with Crippen LogP contribution < -0.4 is 9.47 Å². The summed E-state index contributed by atoms with van der Waals surface area (Å²) in [4.78, 5) is 3.59. The first-order valence-electron chi connectivity index (χ1n) is 4.81. The summed E-state index contributed by atoms with van der Waals surface area (Å²) in [6.45, 7) is 3.96. The van der Waals surface area contributed by atoms with Crippen molar-refractivity contribution in [3.05, 3.63) is 17.8 Å². The number of rotatable bonds is 4. The van der Waals surface area contributed by atoms with Crippen molar-refractivity contribution in [2.75, 3.05) is 13.2 Å². The molecule has 0 bridgehead atoms. The highest BCUT2D eigenvalue weighted by Gasteiger charge is 2.32. The number of nitrogens with zero attached hydrogens (tertiary/aromatic N) is 1. The Kier molecular flexibility index (Phi) is 3.98. The van der Waals surface area contributed by atoms with Crippen LogP contribution in [0.3, 0.4) is 0 Å². The third kappa shape index (κ3) is 3.01. The Bertz CT molecular complexity index is 352. The number of hydrogen-bond donors (Lipinski definition) is 0. The molecule has 1 heterocycles. The van der Waals surface area contributed by atoms with Gasteiger partial charge in [0, 0.05) is 6.20 Å². The van der Waals surface area contributed by atoms with Crippen LogP contribution in [0, 0.1) is 0 Å². The van der Waals surface area contributed by atoms with Gasteiger partial charge in [0.25, 0.3) is 5.88 Å². The topological polar surface area (TPSA) is 31.4 Å². The van der Waals surface area contributed by atoms with Crippen LogP contribution in [0.5, 0.6) is 11.6 Å². The van der Waals surface area contributed by atoms with Crippen LogP contribution in [0.4, 0.5) is 13.2 Å². The van der Waals surface area contributed by atoms with E-state index in [2.05, 4.69) is 4.98 Å². The van der Waals surface area contributed by atoms with E-state index in [4.69, 9.17) is 9.47 Å². The summed E-state index contributed by atoms with van der Waals surface area (Å²) < 4.78 is 47.3. The predicted octanol–water partition coefficient (Wildman–Crippen LogP) is 2.90. The highest BCUT2D eigenvalue weighted by Crippen LogP contribution is 2.34. The standard InChI is InChI=1S/C10H12F3NO2/c1-3-15-8-5-7(10(11,12)13)6-14-9(8)16-4-2/h5-6H,3-4H2,1-2H3. The molecule has 6 heteroatoms.